The molecule has 0 bridgehead atoms. The first kappa shape index (κ1) is 23.7. The minimum absolute atomic E-state index is 0.0218. The van der Waals surface area contributed by atoms with Crippen LogP contribution in [0.2, 0.25) is 0 Å². The Labute approximate surface area is 184 Å². The van der Waals surface area contributed by atoms with Crippen LogP contribution >= 0.6 is 0 Å². The summed E-state index contributed by atoms with van der Waals surface area (Å²) in [6, 6.07) is 9.16. The largest absolute Gasteiger partial charge is 0.497 e. The molecule has 13 heteroatoms. The van der Waals surface area contributed by atoms with Crippen LogP contribution in [0.4, 0.5) is 4.39 Å². The van der Waals surface area contributed by atoms with Crippen LogP contribution < -0.4 is 19.9 Å². The maximum atomic E-state index is 13.6. The summed E-state index contributed by atoms with van der Waals surface area (Å²) in [6.45, 7) is -0.199. The molecule has 2 aromatic carbocycles. The van der Waals surface area contributed by atoms with E-state index < -0.39 is 36.7 Å². The number of carbonyl (C=O) groups is 1. The molecule has 0 aliphatic rings. The van der Waals surface area contributed by atoms with E-state index in [1.165, 1.54) is 37.4 Å². The molecule has 0 aliphatic heterocycles. The van der Waals surface area contributed by atoms with Crippen molar-refractivity contribution in [3.63, 3.8) is 0 Å². The first-order valence-electron chi connectivity index (χ1n) is 9.29. The van der Waals surface area contributed by atoms with Crippen LogP contribution in [0.3, 0.4) is 0 Å². The summed E-state index contributed by atoms with van der Waals surface area (Å²) in [5, 5.41) is -0.0218. The maximum Gasteiger partial charge on any atom is 0.266 e. The first-order valence-corrected chi connectivity index (χ1v) is 12.3. The number of halogens is 1. The Morgan fingerprint density at radius 1 is 1.03 bits per heavy atom. The Hall–Kier alpha value is -3.00. The van der Waals surface area contributed by atoms with Crippen molar-refractivity contribution in [3.8, 4) is 5.75 Å². The van der Waals surface area contributed by atoms with Crippen molar-refractivity contribution in [2.75, 3.05) is 20.2 Å². The number of carbonyl (C=O) groups excluding carboxylic acids is 1. The number of hydrogen-bond acceptors (Lipinski definition) is 6. The zero-order valence-electron chi connectivity index (χ0n) is 16.9. The maximum absolute atomic E-state index is 13.6. The molecule has 0 spiro atoms. The summed E-state index contributed by atoms with van der Waals surface area (Å²) in [4.78, 5) is 13.9. The summed E-state index contributed by atoms with van der Waals surface area (Å²) >= 11 is 0. The quantitative estimate of drug-likeness (QED) is 0.315. The smallest absolute Gasteiger partial charge is 0.266 e. The lowest BCUT2D eigenvalue weighted by molar-refractivity contribution is 0.0993. The van der Waals surface area contributed by atoms with Crippen LogP contribution in [-0.2, 0) is 20.0 Å². The fourth-order valence-corrected chi connectivity index (χ4v) is 5.51. The summed E-state index contributed by atoms with van der Waals surface area (Å²) in [5.41, 5.74) is 5.12. The molecule has 172 valence electrons. The Balaban J connectivity index is 1.66. The number of nitrogens with one attached hydrogen (secondary N) is 3. The summed E-state index contributed by atoms with van der Waals surface area (Å²) in [6.07, 6.45) is 0.108. The fourth-order valence-electron chi connectivity index (χ4n) is 3.00. The van der Waals surface area contributed by atoms with E-state index >= 15 is 0 Å². The van der Waals surface area contributed by atoms with E-state index in [0.717, 1.165) is 12.1 Å². The van der Waals surface area contributed by atoms with Gasteiger partial charge < -0.3 is 15.5 Å². The van der Waals surface area contributed by atoms with Crippen molar-refractivity contribution in [2.45, 2.75) is 16.2 Å². The molecule has 0 atom stereocenters. The number of methoxy groups -OCH3 is 1. The number of benzene rings is 2. The zero-order valence-corrected chi connectivity index (χ0v) is 18.5. The normalized spacial score (nSPS) is 12.2. The topological polar surface area (TPSA) is 160 Å². The summed E-state index contributed by atoms with van der Waals surface area (Å²) in [7, 11) is -6.58. The van der Waals surface area contributed by atoms with Gasteiger partial charge in [0, 0.05) is 24.0 Å². The second-order valence-corrected chi connectivity index (χ2v) is 10.2. The fraction of sp³-hybridized carbons (Fsp3) is 0.211. The number of aromatic amines is 1. The number of hydrogen-bond donors (Lipinski definition) is 4. The number of aromatic nitrogens is 1. The number of sulfonamides is 2. The highest BCUT2D eigenvalue weighted by molar-refractivity contribution is 7.90. The lowest BCUT2D eigenvalue weighted by Crippen LogP contribution is -2.31. The number of H-pyrrole nitrogens is 1. The number of rotatable bonds is 10. The van der Waals surface area contributed by atoms with Gasteiger partial charge in [0.2, 0.25) is 20.0 Å². The minimum atomic E-state index is -4.25. The zero-order chi connectivity index (χ0) is 23.5. The number of amides is 1. The van der Waals surface area contributed by atoms with Crippen LogP contribution in [0, 0.1) is 5.82 Å². The van der Waals surface area contributed by atoms with Gasteiger partial charge in [0.05, 0.1) is 12.0 Å². The molecular formula is C19H21FN4O6S2. The van der Waals surface area contributed by atoms with Crippen LogP contribution in [0.5, 0.6) is 5.75 Å². The Morgan fingerprint density at radius 2 is 1.66 bits per heavy atom. The Kier molecular flexibility index (Phi) is 6.83. The number of nitrogens with two attached hydrogens (primary N) is 1. The summed E-state index contributed by atoms with van der Waals surface area (Å²) < 4.78 is 73.4. The van der Waals surface area contributed by atoms with Crippen LogP contribution in [0.25, 0.3) is 10.9 Å². The molecule has 1 heterocycles. The molecule has 5 N–H and O–H groups in total. The molecule has 3 aromatic rings. The number of fused-ring (bicyclic) bond motifs is 1. The molecule has 3 rings (SSSR count). The minimum Gasteiger partial charge on any atom is -0.497 e. The molecule has 0 fully saturated rings. The third kappa shape index (κ3) is 5.07. The van der Waals surface area contributed by atoms with E-state index in [-0.39, 0.29) is 41.0 Å². The predicted octanol–water partition coefficient (Wildman–Crippen LogP) is 1.06. The monoisotopic (exact) mass is 484 g/mol. The average molecular weight is 485 g/mol. The van der Waals surface area contributed by atoms with Crippen molar-refractivity contribution in [2.24, 2.45) is 5.73 Å². The van der Waals surface area contributed by atoms with Gasteiger partial charge in [-0.1, -0.05) is 0 Å². The molecule has 1 amide bonds. The predicted molar refractivity (Wildman–Crippen MR) is 115 cm³/mol. The van der Waals surface area contributed by atoms with E-state index in [0.29, 0.717) is 5.75 Å². The molecular weight excluding hydrogens is 463 g/mol. The molecule has 0 unspecified atom stereocenters. The van der Waals surface area contributed by atoms with Crippen molar-refractivity contribution < 1.29 is 30.8 Å². The molecule has 0 aliphatic carbocycles. The van der Waals surface area contributed by atoms with Crippen LogP contribution in [0.15, 0.2) is 52.3 Å². The van der Waals surface area contributed by atoms with Gasteiger partial charge in [-0.25, -0.2) is 30.7 Å². The second kappa shape index (κ2) is 9.24. The van der Waals surface area contributed by atoms with E-state index in [4.69, 9.17) is 10.5 Å². The van der Waals surface area contributed by atoms with Gasteiger partial charge in [-0.05, 0) is 48.9 Å². The van der Waals surface area contributed by atoms with Gasteiger partial charge in [0.1, 0.15) is 22.2 Å². The van der Waals surface area contributed by atoms with E-state index in [1.807, 2.05) is 0 Å². The molecule has 0 saturated carbocycles. The van der Waals surface area contributed by atoms with Crippen molar-refractivity contribution in [1.29, 1.82) is 0 Å². The number of primary amides is 1. The van der Waals surface area contributed by atoms with Gasteiger partial charge >= 0.3 is 0 Å². The molecule has 1 aromatic heterocycles. The first-order chi connectivity index (χ1) is 15.0. The lowest BCUT2D eigenvalue weighted by atomic mass is 10.2. The summed E-state index contributed by atoms with van der Waals surface area (Å²) in [5.74, 6) is -1.20. The molecule has 10 nitrogen and oxygen atoms in total. The van der Waals surface area contributed by atoms with E-state index in [9.17, 15) is 26.0 Å². The third-order valence-electron chi connectivity index (χ3n) is 4.54. The van der Waals surface area contributed by atoms with Crippen molar-refractivity contribution in [3.05, 3.63) is 54.0 Å². The van der Waals surface area contributed by atoms with Crippen LogP contribution in [-0.4, -0.2) is 47.9 Å². The van der Waals surface area contributed by atoms with Crippen LogP contribution in [0.1, 0.15) is 16.9 Å². The molecule has 0 radical (unpaired) electrons. The van der Waals surface area contributed by atoms with Gasteiger partial charge in [-0.2, -0.15) is 0 Å². The Morgan fingerprint density at radius 3 is 2.25 bits per heavy atom. The average Bonchev–Trinajstić information content (AvgIpc) is 3.13. The molecule has 32 heavy (non-hydrogen) atoms. The van der Waals surface area contributed by atoms with Gasteiger partial charge in [-0.3, -0.25) is 4.79 Å². The highest BCUT2D eigenvalue weighted by Gasteiger charge is 2.27. The van der Waals surface area contributed by atoms with E-state index in [1.54, 1.807) is 0 Å². The van der Waals surface area contributed by atoms with Gasteiger partial charge in [-0.15, -0.1) is 0 Å². The standard InChI is InChI=1S/C19H21FN4O6S2/c1-30-13-4-6-14(7-5-13)31(26,27)22-9-2-10-23-32(28,29)18-15-11-12(20)3-8-16(15)24-17(18)19(21)25/h3-8,11,22-24H,2,9-10H2,1H3,(H2,21,25). The van der Waals surface area contributed by atoms with Crippen molar-refractivity contribution >= 4 is 36.9 Å². The van der Waals surface area contributed by atoms with E-state index in [2.05, 4.69) is 14.4 Å². The second-order valence-electron chi connectivity index (χ2n) is 6.71. The Bertz CT molecular complexity index is 1350. The van der Waals surface area contributed by atoms with Gasteiger partial charge in [0.25, 0.3) is 5.91 Å². The van der Waals surface area contributed by atoms with Gasteiger partial charge in [0.15, 0.2) is 0 Å². The SMILES string of the molecule is COc1ccc(S(=O)(=O)NCCCNS(=O)(=O)c2c(C(N)=O)[nH]c3ccc(F)cc23)cc1. The highest BCUT2D eigenvalue weighted by atomic mass is 32.2. The molecule has 0 saturated heterocycles. The third-order valence-corrected chi connectivity index (χ3v) is 7.56. The number of ether oxygens (including phenoxy) is 1. The highest BCUT2D eigenvalue weighted by Crippen LogP contribution is 2.27. The van der Waals surface area contributed by atoms with Crippen molar-refractivity contribution in [1.82, 2.24) is 14.4 Å². The lowest BCUT2D eigenvalue weighted by Gasteiger charge is -2.09.